The molecule has 1 N–H and O–H groups in total. The Morgan fingerprint density at radius 3 is 2.70 bits per heavy atom. The van der Waals surface area contributed by atoms with E-state index < -0.39 is 0 Å². The number of rotatable bonds is 3. The van der Waals surface area contributed by atoms with E-state index in [1.807, 2.05) is 23.1 Å². The number of hydrogen-bond acceptors (Lipinski definition) is 7. The number of benzene rings is 1. The van der Waals surface area contributed by atoms with Crippen LogP contribution < -0.4 is 15.1 Å². The lowest BCUT2D eigenvalue weighted by Gasteiger charge is -2.34. The van der Waals surface area contributed by atoms with Crippen molar-refractivity contribution in [2.75, 3.05) is 62.3 Å². The van der Waals surface area contributed by atoms with Gasteiger partial charge in [-0.3, -0.25) is 4.98 Å². The highest BCUT2D eigenvalue weighted by Crippen LogP contribution is 2.40. The quantitative estimate of drug-likeness (QED) is 0.660. The number of pyridine rings is 1. The Balaban J connectivity index is 1.36. The van der Waals surface area contributed by atoms with Crippen LogP contribution in [0.1, 0.15) is 19.3 Å². The number of ether oxygens (including phenoxy) is 1. The van der Waals surface area contributed by atoms with Gasteiger partial charge in [0.15, 0.2) is 5.82 Å². The number of piperidine rings is 1. The van der Waals surface area contributed by atoms with Crippen molar-refractivity contribution < 1.29 is 9.13 Å². The highest BCUT2D eigenvalue weighted by molar-refractivity contribution is 5.89. The fraction of sp³-hybridized carbons (Fsp3) is 0.480. The first-order valence-corrected chi connectivity index (χ1v) is 11.9. The number of halogens is 1. The summed E-state index contributed by atoms with van der Waals surface area (Å²) >= 11 is 0. The lowest BCUT2D eigenvalue weighted by atomic mass is 9.80. The molecule has 0 saturated carbocycles. The smallest absolute Gasteiger partial charge is 0.157 e. The molecule has 33 heavy (non-hydrogen) atoms. The number of nitrogens with zero attached hydrogens (tertiary/aromatic N) is 5. The van der Waals surface area contributed by atoms with Gasteiger partial charge in [-0.15, -0.1) is 0 Å². The molecule has 0 aliphatic carbocycles. The van der Waals surface area contributed by atoms with Gasteiger partial charge in [0.25, 0.3) is 0 Å². The van der Waals surface area contributed by atoms with Crippen LogP contribution in [-0.4, -0.2) is 67.4 Å². The lowest BCUT2D eigenvalue weighted by molar-refractivity contribution is 0.122. The summed E-state index contributed by atoms with van der Waals surface area (Å²) in [5.41, 5.74) is 4.01. The summed E-state index contributed by atoms with van der Waals surface area (Å²) in [5.74, 6) is 0.626. The van der Waals surface area contributed by atoms with Gasteiger partial charge < -0.3 is 19.9 Å². The normalized spacial score (nSPS) is 23.5. The van der Waals surface area contributed by atoms with Crippen molar-refractivity contribution in [1.82, 2.24) is 20.3 Å². The average molecular weight is 449 g/mol. The Bertz CT molecular complexity index is 1160. The highest BCUT2D eigenvalue weighted by Gasteiger charge is 2.40. The van der Waals surface area contributed by atoms with E-state index in [4.69, 9.17) is 9.72 Å². The summed E-state index contributed by atoms with van der Waals surface area (Å²) in [5, 5.41) is 3.57. The van der Waals surface area contributed by atoms with E-state index >= 15 is 4.39 Å². The molecule has 2 aromatic heterocycles. The Labute approximate surface area is 193 Å². The maximum Gasteiger partial charge on any atom is 0.157 e. The predicted octanol–water partition coefficient (Wildman–Crippen LogP) is 3.25. The van der Waals surface area contributed by atoms with Crippen LogP contribution in [0.3, 0.4) is 0 Å². The molecule has 1 unspecified atom stereocenters. The first kappa shape index (κ1) is 20.7. The summed E-state index contributed by atoms with van der Waals surface area (Å²) < 4.78 is 20.5. The SMILES string of the molecule is Fc1cc(-c2cc3nccnc3c(N3CCC4(CCCNC4)C3)n2)ccc1N1CCOCC1. The van der Waals surface area contributed by atoms with E-state index in [2.05, 4.69) is 20.2 Å². The van der Waals surface area contributed by atoms with Crippen LogP contribution in [0.4, 0.5) is 15.9 Å². The van der Waals surface area contributed by atoms with Crippen LogP contribution in [0.15, 0.2) is 36.7 Å². The number of aromatic nitrogens is 3. The molecule has 3 saturated heterocycles. The van der Waals surface area contributed by atoms with E-state index in [9.17, 15) is 0 Å². The molecule has 6 rings (SSSR count). The molecule has 3 fully saturated rings. The highest BCUT2D eigenvalue weighted by atomic mass is 19.1. The predicted molar refractivity (Wildman–Crippen MR) is 127 cm³/mol. The van der Waals surface area contributed by atoms with Crippen LogP contribution in [0, 0.1) is 11.2 Å². The van der Waals surface area contributed by atoms with Crippen LogP contribution in [-0.2, 0) is 4.74 Å². The lowest BCUT2D eigenvalue weighted by Crippen LogP contribution is -2.42. The zero-order chi connectivity index (χ0) is 22.3. The summed E-state index contributed by atoms with van der Waals surface area (Å²) in [4.78, 5) is 18.6. The zero-order valence-electron chi connectivity index (χ0n) is 18.8. The minimum Gasteiger partial charge on any atom is -0.378 e. The van der Waals surface area contributed by atoms with Crippen LogP contribution in [0.2, 0.25) is 0 Å². The van der Waals surface area contributed by atoms with Gasteiger partial charge in [-0.05, 0) is 44.0 Å². The Hall–Kier alpha value is -2.84. The average Bonchev–Trinajstić information content (AvgIpc) is 3.27. The second-order valence-electron chi connectivity index (χ2n) is 9.47. The van der Waals surface area contributed by atoms with Crippen molar-refractivity contribution >= 4 is 22.5 Å². The van der Waals surface area contributed by atoms with Crippen LogP contribution in [0.25, 0.3) is 22.3 Å². The minimum atomic E-state index is -0.231. The van der Waals surface area contributed by atoms with E-state index in [1.54, 1.807) is 18.5 Å². The van der Waals surface area contributed by atoms with E-state index in [-0.39, 0.29) is 5.82 Å². The molecule has 0 amide bonds. The van der Waals surface area contributed by atoms with Crippen molar-refractivity contribution in [3.63, 3.8) is 0 Å². The summed E-state index contributed by atoms with van der Waals surface area (Å²) in [7, 11) is 0. The van der Waals surface area contributed by atoms with E-state index in [0.717, 1.165) is 60.7 Å². The van der Waals surface area contributed by atoms with Gasteiger partial charge in [0.2, 0.25) is 0 Å². The van der Waals surface area contributed by atoms with Crippen molar-refractivity contribution in [2.45, 2.75) is 19.3 Å². The number of fused-ring (bicyclic) bond motifs is 1. The first-order chi connectivity index (χ1) is 16.2. The molecule has 172 valence electrons. The number of anilines is 2. The zero-order valence-corrected chi connectivity index (χ0v) is 18.8. The molecule has 1 atom stereocenters. The third-order valence-electron chi connectivity index (χ3n) is 7.33. The van der Waals surface area contributed by atoms with Crippen LogP contribution >= 0.6 is 0 Å². The van der Waals surface area contributed by atoms with Gasteiger partial charge in [-0.1, -0.05) is 6.07 Å². The molecular formula is C25H29FN6O. The maximum absolute atomic E-state index is 15.1. The fourth-order valence-electron chi connectivity index (χ4n) is 5.55. The number of nitrogens with one attached hydrogen (secondary N) is 1. The van der Waals surface area contributed by atoms with Gasteiger partial charge in [0, 0.05) is 56.1 Å². The molecule has 3 aliphatic rings. The number of morpholine rings is 1. The van der Waals surface area contributed by atoms with Gasteiger partial charge in [0.05, 0.1) is 30.1 Å². The molecule has 3 aromatic rings. The van der Waals surface area contributed by atoms with Crippen molar-refractivity contribution in [3.05, 3.63) is 42.5 Å². The van der Waals surface area contributed by atoms with Crippen molar-refractivity contribution in [2.24, 2.45) is 5.41 Å². The molecule has 0 bridgehead atoms. The van der Waals surface area contributed by atoms with Gasteiger partial charge in [-0.2, -0.15) is 0 Å². The van der Waals surface area contributed by atoms with Gasteiger partial charge in [-0.25, -0.2) is 14.4 Å². The molecular weight excluding hydrogens is 419 g/mol. The second-order valence-corrected chi connectivity index (χ2v) is 9.47. The minimum absolute atomic E-state index is 0.231. The maximum atomic E-state index is 15.1. The molecule has 3 aliphatic heterocycles. The monoisotopic (exact) mass is 448 g/mol. The number of hydrogen-bond donors (Lipinski definition) is 1. The van der Waals surface area contributed by atoms with Gasteiger partial charge >= 0.3 is 0 Å². The summed E-state index contributed by atoms with van der Waals surface area (Å²) in [6, 6.07) is 7.33. The third-order valence-corrected chi connectivity index (χ3v) is 7.33. The summed E-state index contributed by atoms with van der Waals surface area (Å²) in [6.45, 7) is 6.74. The molecule has 1 spiro atoms. The molecule has 0 radical (unpaired) electrons. The van der Waals surface area contributed by atoms with Gasteiger partial charge in [0.1, 0.15) is 11.3 Å². The van der Waals surface area contributed by atoms with Crippen molar-refractivity contribution in [1.29, 1.82) is 0 Å². The largest absolute Gasteiger partial charge is 0.378 e. The Morgan fingerprint density at radius 2 is 1.88 bits per heavy atom. The van der Waals surface area contributed by atoms with Crippen molar-refractivity contribution in [3.8, 4) is 11.3 Å². The second kappa shape index (κ2) is 8.50. The molecule has 5 heterocycles. The topological polar surface area (TPSA) is 66.4 Å². The van der Waals surface area contributed by atoms with E-state index in [1.165, 1.54) is 12.8 Å². The Morgan fingerprint density at radius 1 is 1.00 bits per heavy atom. The standard InChI is InChI=1S/C25H29FN6O/c26-19-14-18(2-3-22(19)31-10-12-33-13-11-31)20-15-21-23(29-8-7-28-21)24(30-20)32-9-5-25(17-32)4-1-6-27-16-25/h2-3,7-8,14-15,27H,1,4-6,9-13,16-17H2. The Kier molecular flexibility index (Phi) is 5.34. The molecule has 7 nitrogen and oxygen atoms in total. The third kappa shape index (κ3) is 3.91. The summed E-state index contributed by atoms with van der Waals surface area (Å²) in [6.07, 6.45) is 7.04. The van der Waals surface area contributed by atoms with Crippen LogP contribution in [0.5, 0.6) is 0 Å². The fourth-order valence-corrected chi connectivity index (χ4v) is 5.55. The first-order valence-electron chi connectivity index (χ1n) is 11.9. The van der Waals surface area contributed by atoms with E-state index in [0.29, 0.717) is 37.4 Å². The molecule has 8 heteroatoms. The molecule has 1 aromatic carbocycles.